The first kappa shape index (κ1) is 125. The van der Waals surface area contributed by atoms with Gasteiger partial charge in [0.2, 0.25) is 0 Å². The maximum Gasteiger partial charge on any atom is 0.196 e. The van der Waals surface area contributed by atoms with Crippen LogP contribution in [0.25, 0.3) is 5.73 Å². The Labute approximate surface area is 1040 Å². The summed E-state index contributed by atoms with van der Waals surface area (Å²) in [6, 6.07) is -1.73. The first-order valence-electron chi connectivity index (χ1n) is 20.8. The predicted molar refractivity (Wildman–Crippen MR) is 200 cm³/mol. The van der Waals surface area contributed by atoms with Gasteiger partial charge in [-0.25, -0.2) is 0 Å². The van der Waals surface area contributed by atoms with E-state index >= 15 is 0 Å². The third-order valence-corrected chi connectivity index (χ3v) is 12.3. The van der Waals surface area contributed by atoms with Gasteiger partial charge in [0, 0.05) is 711 Å². The Hall–Kier alpha value is 21.6. The van der Waals surface area contributed by atoms with Crippen molar-refractivity contribution in [2.75, 3.05) is 33.0 Å². The number of ether oxygens (including phenoxy) is 11. The average Bonchev–Trinajstić information content (AvgIpc) is 3.27. The van der Waals surface area contributed by atoms with E-state index in [2.05, 4.69) is 0 Å². The summed E-state index contributed by atoms with van der Waals surface area (Å²) in [6.45, 7) is -1.11. The fraction of sp³-hybridized carbons (Fsp3) is 0.946. The van der Waals surface area contributed by atoms with Gasteiger partial charge in [0.25, 0.3) is 0 Å². The fourth-order valence-corrected chi connectivity index (χ4v) is 8.40. The Morgan fingerprint density at radius 1 is 0.412 bits per heavy atom. The molecule has 80 heavy (non-hydrogen) atoms. The van der Waals surface area contributed by atoms with E-state index < -0.39 is 199 Å². The number of aliphatic hydroxyl groups excluding tert-OH is 14. The van der Waals surface area contributed by atoms with Crippen LogP contribution in [0.1, 0.15) is 20.3 Å². The predicted octanol–water partition coefficient (Wildman–Crippen LogP) is -8.55. The van der Waals surface area contributed by atoms with Crippen molar-refractivity contribution >= 4 is 0 Å². The molecule has 0 spiro atoms. The largest absolute Gasteiger partial charge is 0.670 e. The molecule has 0 aromatic carbocycles. The Morgan fingerprint density at radius 2 is 0.825 bits per heavy atom. The molecule has 6 aliphatic heterocycles. The number of aliphatic hydroxyl groups is 15. The molecule has 6 aliphatic rings. The second-order valence-electron chi connectivity index (χ2n) is 16.7. The molecule has 27 nitrogen and oxygen atoms in total. The SMILES string of the molecule is CC1O[C@@H](OC2C(O)[C@@H](O)C(CO)O[C@H]2O[C@@]2(O)CC([NH-])C(OC3C(O)[C@H](O[C@H]4C(CO)O[C@@H](O[C@@H]5C(C)C=COC5CO)C(O)C4O)OC(CO)[C@@H]3O)OC2CO)C(O)C(O)[C@H]1O.[Ac].[Ac].[Ac].[Ac].[Ac].[Ac].[Ac].[Ac].[Ac].[Ac].[Ac].[Ac].[Ac].[Ac].[Ac].[Ac]. The monoisotopic (exact) mass is 4570 g/mol. The summed E-state index contributed by atoms with van der Waals surface area (Å²) in [5, 5.41) is 160. The standard InChI is InChI=1S/C37H62NO26.16Ac/c1-11-3-4-54-16(8-41)28(11)60-34-26(51)24(49)29(17(9-42)58-34)61-35-27(52)30(21(46)15(7-40)56-35)62-32-13(38)5-37(53,18(10-43)59-32)64-36-31(23(48)20(45)14(6-39)57-36)63-33-25(50)22(47)19(44)12(2)55-33;;;;;;;;;;;;;;;;/h3-4,11-36,38-53H,5-10H2,1-2H3;;;;;;;;;;;;;;;;/q-1;;;;;;;;;;;;;;;;/t11?,12?,13?,14?,15?,16?,17?,18?,19-,20-,21-,22?,23?,24?,25?,26?,27?,28+,29-,30?,31?,32?,33-,34-,35-,36-,37-;;;;;;;;;;;;;;;;/m0................/s1. The van der Waals surface area contributed by atoms with Gasteiger partial charge in [0.15, 0.2) is 30.9 Å². The Balaban J connectivity index is -0.000000331. The minimum absolute atomic E-state index is 0. The molecule has 0 aliphatic carbocycles. The van der Waals surface area contributed by atoms with Crippen LogP contribution in [0.4, 0.5) is 0 Å². The van der Waals surface area contributed by atoms with Crippen LogP contribution in [0.5, 0.6) is 0 Å². The third-order valence-electron chi connectivity index (χ3n) is 12.3. The second kappa shape index (κ2) is 64.2. The van der Waals surface area contributed by atoms with Crippen molar-refractivity contribution in [1.29, 1.82) is 0 Å². The Morgan fingerprint density at radius 3 is 1.34 bits per heavy atom. The summed E-state index contributed by atoms with van der Waals surface area (Å²) in [5.74, 6) is -3.08. The molecule has 0 aromatic heterocycles. The number of hydrogen-bond acceptors (Lipinski definition) is 26. The van der Waals surface area contributed by atoms with Crippen LogP contribution in [0.3, 0.4) is 0 Å². The van der Waals surface area contributed by atoms with Gasteiger partial charge in [-0.15, -0.1) is 0 Å². The maximum absolute atomic E-state index is 11.8. The van der Waals surface area contributed by atoms with Crippen molar-refractivity contribution < 1.29 is 834 Å². The number of nitrogens with one attached hydrogen (secondary N) is 1. The van der Waals surface area contributed by atoms with E-state index in [4.69, 9.17) is 57.8 Å². The van der Waals surface area contributed by atoms with Gasteiger partial charge in [-0.05, 0) is 19.4 Å². The van der Waals surface area contributed by atoms with Gasteiger partial charge in [0.1, 0.15) is 116 Å². The molecule has 0 saturated carbocycles. The van der Waals surface area contributed by atoms with Gasteiger partial charge in [0.05, 0.1) is 45.4 Å². The fourth-order valence-electron chi connectivity index (χ4n) is 8.40. The van der Waals surface area contributed by atoms with Gasteiger partial charge in [-0.3, -0.25) is 0 Å². The Kier molecular flexibility index (Phi) is 101. The maximum atomic E-state index is 11.8. The van der Waals surface area contributed by atoms with E-state index in [-0.39, 0.29) is 711 Å². The smallest absolute Gasteiger partial charge is 0.196 e. The summed E-state index contributed by atoms with van der Waals surface area (Å²) in [4.78, 5) is 0. The second-order valence-corrected chi connectivity index (χ2v) is 16.7. The van der Waals surface area contributed by atoms with Crippen LogP contribution in [-0.2, 0) is 52.1 Å². The van der Waals surface area contributed by atoms with Crippen molar-refractivity contribution in [2.24, 2.45) is 5.92 Å². The molecule has 16 radical (unpaired) electrons. The molecule has 17 unspecified atom stereocenters. The van der Waals surface area contributed by atoms with Crippen LogP contribution in [0.15, 0.2) is 12.3 Å². The van der Waals surface area contributed by atoms with Crippen molar-refractivity contribution in [3.05, 3.63) is 18.1 Å². The molecular formula is C37H62Ac16NO26-. The zero-order valence-corrected chi connectivity index (χ0v) is 120. The summed E-state index contributed by atoms with van der Waals surface area (Å²) in [5.41, 5.74) is 8.81. The van der Waals surface area contributed by atoms with Gasteiger partial charge < -0.3 is 134 Å². The quantitative estimate of drug-likeness (QED) is 0.0677. The molecule has 16 N–H and O–H groups in total. The molecule has 27 atom stereocenters. The van der Waals surface area contributed by atoms with Gasteiger partial charge >= 0.3 is 0 Å². The van der Waals surface area contributed by atoms with E-state index in [9.17, 15) is 76.6 Å². The van der Waals surface area contributed by atoms with E-state index in [1.54, 1.807) is 13.0 Å². The normalized spacial score (nSPS) is 42.1. The van der Waals surface area contributed by atoms with Crippen molar-refractivity contribution in [2.45, 2.75) is 180 Å². The van der Waals surface area contributed by atoms with Crippen molar-refractivity contribution in [3.8, 4) is 0 Å². The first-order chi connectivity index (χ1) is 30.3. The first-order valence-corrected chi connectivity index (χ1v) is 20.8. The average molecular weight is 4570 g/mol. The third kappa shape index (κ3) is 35.3. The summed E-state index contributed by atoms with van der Waals surface area (Å²) >= 11 is 0. The molecule has 5 fully saturated rings. The van der Waals surface area contributed by atoms with Crippen LogP contribution in [0.2, 0.25) is 0 Å². The van der Waals surface area contributed by atoms with E-state index in [0.29, 0.717) is 0 Å². The van der Waals surface area contributed by atoms with Gasteiger partial charge in [-0.1, -0.05) is 13.0 Å². The van der Waals surface area contributed by atoms with Crippen LogP contribution in [-0.4, -0.2) is 269 Å². The topological polar surface area (TPSA) is 429 Å². The number of rotatable bonds is 15. The molecule has 0 bridgehead atoms. The summed E-state index contributed by atoms with van der Waals surface area (Å²) in [7, 11) is 0. The van der Waals surface area contributed by atoms with E-state index in [0.717, 1.165) is 0 Å². The van der Waals surface area contributed by atoms with Crippen LogP contribution >= 0.6 is 0 Å². The molecule has 0 aromatic rings. The van der Waals surface area contributed by atoms with E-state index in [1.807, 2.05) is 0 Å². The minimum atomic E-state index is -2.74. The molecular weight excluding hydrogens is 4510 g/mol. The molecule has 6 rings (SSSR count). The molecule has 420 valence electrons. The van der Waals surface area contributed by atoms with Crippen LogP contribution < -0.4 is 0 Å². The van der Waals surface area contributed by atoms with Gasteiger partial charge in [-0.2, -0.15) is 0 Å². The molecule has 0 amide bonds. The summed E-state index contributed by atoms with van der Waals surface area (Å²) in [6.07, 6.45) is -38.4. The zero-order chi connectivity index (χ0) is 46.9. The van der Waals surface area contributed by atoms with E-state index in [1.165, 1.54) is 13.2 Å². The van der Waals surface area contributed by atoms with Crippen molar-refractivity contribution in [1.82, 2.24) is 0 Å². The van der Waals surface area contributed by atoms with Crippen molar-refractivity contribution in [3.63, 3.8) is 0 Å². The Bertz CT molecular complexity index is 1550. The molecule has 43 heteroatoms. The minimum Gasteiger partial charge on any atom is -0.670 e. The molecule has 5 saturated heterocycles. The number of hydrogen-bond donors (Lipinski definition) is 15. The zero-order valence-electron chi connectivity index (χ0n) is 43.8. The van der Waals surface area contributed by atoms with Crippen LogP contribution in [0, 0.1) is 711 Å². The summed E-state index contributed by atoms with van der Waals surface area (Å²) < 4.78 is 62.4. The molecule has 6 heterocycles.